The predicted octanol–water partition coefficient (Wildman–Crippen LogP) is -1.65. The molecule has 0 spiro atoms. The Kier molecular flexibility index (Phi) is 5.74. The Labute approximate surface area is 58.0 Å². The van der Waals surface area contributed by atoms with Crippen LogP contribution in [-0.4, -0.2) is 41.0 Å². The third-order valence-corrected chi connectivity index (χ3v) is 1.69. The molecule has 2 nitrogen and oxygen atoms in total. The van der Waals surface area contributed by atoms with Gasteiger partial charge in [-0.3, -0.25) is 9.43 Å². The van der Waals surface area contributed by atoms with Crippen LogP contribution in [-0.2, 0) is 0 Å². The molecule has 0 aromatic carbocycles. The zero-order valence-electron chi connectivity index (χ0n) is 3.40. The van der Waals surface area contributed by atoms with E-state index in [1.807, 2.05) is 0 Å². The van der Waals surface area contributed by atoms with Crippen molar-refractivity contribution in [1.82, 2.24) is 9.43 Å². The average molecular weight is 160 g/mol. The smallest absolute Gasteiger partial charge is 0.244 e. The van der Waals surface area contributed by atoms with Gasteiger partial charge in [0, 0.05) is 0 Å². The van der Waals surface area contributed by atoms with Crippen molar-refractivity contribution in [2.24, 2.45) is 0 Å². The molecule has 0 fully saturated rings. The quantitative estimate of drug-likeness (QED) is 0.392. The minimum atomic E-state index is 0.414. The molecule has 7 heteroatoms. The van der Waals surface area contributed by atoms with Crippen LogP contribution in [0.25, 0.3) is 0 Å². The van der Waals surface area contributed by atoms with Gasteiger partial charge in [0.05, 0.1) is 0 Å². The highest BCUT2D eigenvalue weighted by molar-refractivity contribution is 7.25. The molecular formula is HBClN2Si3. The number of halogens is 1. The molecule has 0 unspecified atom stereocenters. The summed E-state index contributed by atoms with van der Waals surface area (Å²) in [4.78, 5) is 0. The minimum absolute atomic E-state index is 0.414. The van der Waals surface area contributed by atoms with Gasteiger partial charge in [0.1, 0.15) is 9.55 Å². The SMILES string of the molecule is [Si]N([Si])N[Si][B]Cl. The van der Waals surface area contributed by atoms with Crippen molar-refractivity contribution in [1.29, 1.82) is 0 Å². The van der Waals surface area contributed by atoms with Gasteiger partial charge in [-0.1, -0.05) is 0 Å². The highest BCUT2D eigenvalue weighted by Crippen LogP contribution is 1.60. The monoisotopic (exact) mass is 159 g/mol. The summed E-state index contributed by atoms with van der Waals surface area (Å²) in [7, 11) is 6.58. The van der Waals surface area contributed by atoms with E-state index < -0.39 is 0 Å². The minimum Gasteiger partial charge on any atom is -0.300 e. The van der Waals surface area contributed by atoms with Crippen LogP contribution in [0.3, 0.4) is 0 Å². The van der Waals surface area contributed by atoms with E-state index in [0.717, 1.165) is 0 Å². The summed E-state index contributed by atoms with van der Waals surface area (Å²) >= 11 is 5.20. The number of hydrogen-bond donors (Lipinski definition) is 1. The molecule has 0 aromatic heterocycles. The van der Waals surface area contributed by atoms with Crippen molar-refractivity contribution in [3.05, 3.63) is 0 Å². The maximum atomic E-state index is 5.20. The Morgan fingerprint density at radius 2 is 2.29 bits per heavy atom. The molecule has 0 aliphatic heterocycles. The molecule has 0 saturated heterocycles. The highest BCUT2D eigenvalue weighted by Gasteiger charge is 1.87. The van der Waals surface area contributed by atoms with Crippen molar-refractivity contribution in [2.45, 2.75) is 0 Å². The molecule has 0 aliphatic rings. The lowest BCUT2D eigenvalue weighted by Crippen LogP contribution is -2.37. The van der Waals surface area contributed by atoms with Gasteiger partial charge in [-0.05, 0) is 0 Å². The van der Waals surface area contributed by atoms with E-state index in [1.54, 1.807) is 0 Å². The first kappa shape index (κ1) is 7.93. The third kappa shape index (κ3) is 6.93. The van der Waals surface area contributed by atoms with Gasteiger partial charge in [-0.2, -0.15) is 0 Å². The van der Waals surface area contributed by atoms with Gasteiger partial charge in [0.2, 0.25) is 6.29 Å². The number of nitrogens with one attached hydrogen (secondary N) is 1. The molecule has 33 valence electrons. The highest BCUT2D eigenvalue weighted by atomic mass is 35.5. The maximum Gasteiger partial charge on any atom is 0.244 e. The standard InChI is InChI=1S/BClHN2Si3/c2-1-7-3-4(5)6/h3H. The van der Waals surface area contributed by atoms with Crippen molar-refractivity contribution in [3.8, 4) is 0 Å². The van der Waals surface area contributed by atoms with Crippen LogP contribution in [0.2, 0.25) is 0 Å². The van der Waals surface area contributed by atoms with Crippen LogP contribution in [0.4, 0.5) is 0 Å². The topological polar surface area (TPSA) is 15.3 Å². The largest absolute Gasteiger partial charge is 0.300 e. The molecule has 0 amide bonds. The summed E-state index contributed by atoms with van der Waals surface area (Å²) in [6.07, 6.45) is 1.51. The Morgan fingerprint density at radius 3 is 2.43 bits per heavy atom. The summed E-state index contributed by atoms with van der Waals surface area (Å²) in [5.74, 6) is 0. The molecule has 0 aromatic rings. The van der Waals surface area contributed by atoms with Crippen LogP contribution in [0.15, 0.2) is 0 Å². The van der Waals surface area contributed by atoms with E-state index in [0.29, 0.717) is 9.55 Å². The molecule has 0 heterocycles. The molecule has 0 bridgehead atoms. The fourth-order valence-electron chi connectivity index (χ4n) is 0.0889. The Hall–Kier alpha value is 0.926. The van der Waals surface area contributed by atoms with Gasteiger partial charge >= 0.3 is 0 Å². The first-order valence-electron chi connectivity index (χ1n) is 1.43. The number of hydrogen-bond acceptors (Lipinski definition) is 2. The van der Waals surface area contributed by atoms with Crippen LogP contribution < -0.4 is 5.09 Å². The summed E-state index contributed by atoms with van der Waals surface area (Å²) in [6.45, 7) is 0. The van der Waals surface area contributed by atoms with Crippen molar-refractivity contribution >= 4 is 48.1 Å². The predicted molar refractivity (Wildman–Crippen MR) is 33.8 cm³/mol. The fourth-order valence-corrected chi connectivity index (χ4v) is 0.801. The Bertz CT molecular complexity index is 41.9. The third-order valence-electron chi connectivity index (χ3n) is 0.231. The molecule has 0 aliphatic carbocycles. The molecule has 0 rings (SSSR count). The molecule has 7 heavy (non-hydrogen) atoms. The van der Waals surface area contributed by atoms with Gasteiger partial charge in [-0.15, -0.1) is 0 Å². The van der Waals surface area contributed by atoms with Crippen molar-refractivity contribution in [2.75, 3.05) is 0 Å². The van der Waals surface area contributed by atoms with Crippen molar-refractivity contribution in [3.63, 3.8) is 0 Å². The van der Waals surface area contributed by atoms with Crippen molar-refractivity contribution < 1.29 is 0 Å². The van der Waals surface area contributed by atoms with E-state index in [2.05, 4.69) is 25.9 Å². The summed E-state index contributed by atoms with van der Waals surface area (Å²) in [6, 6.07) is 0. The Morgan fingerprint density at radius 1 is 1.71 bits per heavy atom. The van der Waals surface area contributed by atoms with E-state index in [1.165, 1.54) is 10.6 Å². The summed E-state index contributed by atoms with van der Waals surface area (Å²) in [5, 5.41) is 2.80. The lowest BCUT2D eigenvalue weighted by Gasteiger charge is -2.07. The van der Waals surface area contributed by atoms with Crippen LogP contribution in [0.1, 0.15) is 0 Å². The second-order valence-electron chi connectivity index (χ2n) is 0.701. The van der Waals surface area contributed by atoms with Crippen LogP contribution in [0.5, 0.6) is 0 Å². The van der Waals surface area contributed by atoms with Gasteiger partial charge in [-0.25, -0.2) is 11.5 Å². The van der Waals surface area contributed by atoms with E-state index in [-0.39, 0.29) is 0 Å². The van der Waals surface area contributed by atoms with Crippen LogP contribution in [0, 0.1) is 0 Å². The molecular weight excluding hydrogens is 159 g/mol. The summed E-state index contributed by atoms with van der Waals surface area (Å²) < 4.78 is 1.47. The lowest BCUT2D eigenvalue weighted by atomic mass is 10.7. The van der Waals surface area contributed by atoms with Crippen LogP contribution >= 0.6 is 11.5 Å². The first-order valence-corrected chi connectivity index (χ1v) is 3.84. The summed E-state index contributed by atoms with van der Waals surface area (Å²) in [5.41, 5.74) is 0. The van der Waals surface area contributed by atoms with E-state index in [4.69, 9.17) is 11.5 Å². The number of hydrazine groups is 1. The second-order valence-corrected chi connectivity index (χ2v) is 3.43. The normalized spacial score (nSPS) is 9.71. The molecule has 0 atom stereocenters. The molecule has 1 N–H and O–H groups in total. The van der Waals surface area contributed by atoms with E-state index in [9.17, 15) is 0 Å². The van der Waals surface area contributed by atoms with Gasteiger partial charge in [0.15, 0.2) is 20.8 Å². The van der Waals surface area contributed by atoms with Gasteiger partial charge in [0.25, 0.3) is 0 Å². The number of nitrogens with zero attached hydrogens (tertiary/aromatic N) is 1. The molecule has 0 saturated carbocycles. The number of rotatable bonds is 3. The zero-order valence-corrected chi connectivity index (χ0v) is 7.16. The first-order chi connectivity index (χ1) is 3.27. The van der Waals surface area contributed by atoms with Gasteiger partial charge < -0.3 is 0 Å². The lowest BCUT2D eigenvalue weighted by molar-refractivity contribution is 0.674. The average Bonchev–Trinajstić information content (AvgIpc) is 1.61. The molecule has 9 radical (unpaired) electrons. The van der Waals surface area contributed by atoms with E-state index >= 15 is 0 Å². The zero-order chi connectivity index (χ0) is 5.70. The fraction of sp³-hybridized carbons (Fsp3) is 0. The Balaban J connectivity index is 2.68. The second kappa shape index (κ2) is 5.07. The maximum absolute atomic E-state index is 5.20.